The minimum absolute atomic E-state index is 0.537. The van der Waals surface area contributed by atoms with Gasteiger partial charge in [0.15, 0.2) is 0 Å². The van der Waals surface area contributed by atoms with E-state index < -0.39 is 0 Å². The molecule has 16 heavy (non-hydrogen) atoms. The SMILES string of the molecule is CCC(C)N1CCc2c(C(C)C)n[nH]c2C1. The minimum atomic E-state index is 0.537. The van der Waals surface area contributed by atoms with Crippen molar-refractivity contribution in [2.45, 2.75) is 59.0 Å². The number of hydrogen-bond donors (Lipinski definition) is 1. The molecule has 1 aliphatic rings. The number of aromatic amines is 1. The monoisotopic (exact) mass is 221 g/mol. The van der Waals surface area contributed by atoms with Gasteiger partial charge in [0, 0.05) is 19.1 Å². The van der Waals surface area contributed by atoms with Gasteiger partial charge in [-0.05, 0) is 31.2 Å². The maximum atomic E-state index is 4.47. The van der Waals surface area contributed by atoms with Crippen LogP contribution < -0.4 is 0 Å². The number of hydrogen-bond acceptors (Lipinski definition) is 2. The minimum Gasteiger partial charge on any atom is -0.295 e. The van der Waals surface area contributed by atoms with E-state index in [-0.39, 0.29) is 0 Å². The molecule has 0 radical (unpaired) electrons. The molecule has 1 aliphatic heterocycles. The van der Waals surface area contributed by atoms with E-state index in [1.165, 1.54) is 29.9 Å². The molecule has 2 heterocycles. The highest BCUT2D eigenvalue weighted by atomic mass is 15.2. The molecule has 1 aromatic rings. The highest BCUT2D eigenvalue weighted by Crippen LogP contribution is 2.26. The summed E-state index contributed by atoms with van der Waals surface area (Å²) < 4.78 is 0. The third kappa shape index (κ3) is 2.01. The Kier molecular flexibility index (Phi) is 3.33. The Labute approximate surface area is 98.2 Å². The number of nitrogens with one attached hydrogen (secondary N) is 1. The van der Waals surface area contributed by atoms with Crippen molar-refractivity contribution in [2.24, 2.45) is 0 Å². The molecular weight excluding hydrogens is 198 g/mol. The average molecular weight is 221 g/mol. The van der Waals surface area contributed by atoms with E-state index in [1.54, 1.807) is 0 Å². The Morgan fingerprint density at radius 1 is 1.38 bits per heavy atom. The summed E-state index contributed by atoms with van der Waals surface area (Å²) in [6.45, 7) is 11.2. The first-order valence-electron chi connectivity index (χ1n) is 6.43. The normalized spacial score (nSPS) is 18.8. The maximum Gasteiger partial charge on any atom is 0.0683 e. The standard InChI is InChI=1S/C13H23N3/c1-5-10(4)16-7-6-11-12(8-16)14-15-13(11)9(2)3/h9-10H,5-8H2,1-4H3,(H,14,15). The third-order valence-electron chi connectivity index (χ3n) is 3.76. The van der Waals surface area contributed by atoms with E-state index in [1.807, 2.05) is 0 Å². The van der Waals surface area contributed by atoms with Crippen molar-refractivity contribution in [2.75, 3.05) is 6.54 Å². The summed E-state index contributed by atoms with van der Waals surface area (Å²) in [6, 6.07) is 0.680. The Balaban J connectivity index is 2.17. The van der Waals surface area contributed by atoms with Crippen LogP contribution in [-0.4, -0.2) is 27.7 Å². The second kappa shape index (κ2) is 4.58. The van der Waals surface area contributed by atoms with E-state index in [0.29, 0.717) is 12.0 Å². The van der Waals surface area contributed by atoms with E-state index in [9.17, 15) is 0 Å². The predicted molar refractivity (Wildman–Crippen MR) is 66.5 cm³/mol. The summed E-state index contributed by atoms with van der Waals surface area (Å²) in [5, 5.41) is 7.69. The molecule has 1 atom stereocenters. The Morgan fingerprint density at radius 2 is 2.12 bits per heavy atom. The van der Waals surface area contributed by atoms with Crippen LogP contribution in [0.5, 0.6) is 0 Å². The van der Waals surface area contributed by atoms with Crippen LogP contribution in [-0.2, 0) is 13.0 Å². The third-order valence-corrected chi connectivity index (χ3v) is 3.76. The van der Waals surface area contributed by atoms with Gasteiger partial charge in [-0.1, -0.05) is 20.8 Å². The molecule has 90 valence electrons. The van der Waals surface area contributed by atoms with Gasteiger partial charge in [-0.2, -0.15) is 5.10 Å². The number of nitrogens with zero attached hydrogens (tertiary/aromatic N) is 2. The lowest BCUT2D eigenvalue weighted by Gasteiger charge is -2.31. The van der Waals surface area contributed by atoms with E-state index in [0.717, 1.165) is 13.0 Å². The fraction of sp³-hybridized carbons (Fsp3) is 0.769. The molecule has 0 spiro atoms. The maximum absolute atomic E-state index is 4.47. The number of fused-ring (bicyclic) bond motifs is 1. The molecule has 1 unspecified atom stereocenters. The van der Waals surface area contributed by atoms with Gasteiger partial charge in [-0.3, -0.25) is 10.00 Å². The summed E-state index contributed by atoms with van der Waals surface area (Å²) in [6.07, 6.45) is 2.38. The zero-order valence-electron chi connectivity index (χ0n) is 10.9. The smallest absolute Gasteiger partial charge is 0.0683 e. The molecule has 1 N–H and O–H groups in total. The second-order valence-electron chi connectivity index (χ2n) is 5.20. The number of rotatable bonds is 3. The Morgan fingerprint density at radius 3 is 2.75 bits per heavy atom. The molecule has 3 nitrogen and oxygen atoms in total. The summed E-state index contributed by atoms with van der Waals surface area (Å²) >= 11 is 0. The first-order valence-corrected chi connectivity index (χ1v) is 6.43. The van der Waals surface area contributed by atoms with E-state index in [2.05, 4.69) is 42.8 Å². The largest absolute Gasteiger partial charge is 0.295 e. The molecular formula is C13H23N3. The van der Waals surface area contributed by atoms with Crippen molar-refractivity contribution in [3.05, 3.63) is 17.0 Å². The molecule has 0 aliphatic carbocycles. The first kappa shape index (κ1) is 11.6. The van der Waals surface area contributed by atoms with Crippen molar-refractivity contribution in [1.29, 1.82) is 0 Å². The van der Waals surface area contributed by atoms with Crippen LogP contribution in [0.2, 0.25) is 0 Å². The number of aromatic nitrogens is 2. The molecule has 1 aromatic heterocycles. The first-order chi connectivity index (χ1) is 7.63. The van der Waals surface area contributed by atoms with Crippen LogP contribution in [0.25, 0.3) is 0 Å². The molecule has 0 fully saturated rings. The van der Waals surface area contributed by atoms with E-state index in [4.69, 9.17) is 0 Å². The van der Waals surface area contributed by atoms with Crippen LogP contribution in [0.3, 0.4) is 0 Å². The molecule has 2 rings (SSSR count). The van der Waals surface area contributed by atoms with Crippen molar-refractivity contribution < 1.29 is 0 Å². The zero-order valence-corrected chi connectivity index (χ0v) is 10.9. The summed E-state index contributed by atoms with van der Waals surface area (Å²) in [5.41, 5.74) is 4.10. The molecule has 3 heteroatoms. The fourth-order valence-electron chi connectivity index (χ4n) is 2.48. The average Bonchev–Trinajstić information content (AvgIpc) is 2.70. The Hall–Kier alpha value is -0.830. The zero-order chi connectivity index (χ0) is 11.7. The van der Waals surface area contributed by atoms with Crippen molar-refractivity contribution in [1.82, 2.24) is 15.1 Å². The molecule has 0 saturated carbocycles. The summed E-state index contributed by atoms with van der Waals surface area (Å²) in [4.78, 5) is 2.55. The van der Waals surface area contributed by atoms with Crippen LogP contribution in [0, 0.1) is 0 Å². The predicted octanol–water partition coefficient (Wildman–Crippen LogP) is 2.69. The van der Waals surface area contributed by atoms with Gasteiger partial charge in [-0.15, -0.1) is 0 Å². The lowest BCUT2D eigenvalue weighted by atomic mass is 9.97. The lowest BCUT2D eigenvalue weighted by molar-refractivity contribution is 0.184. The second-order valence-corrected chi connectivity index (χ2v) is 5.20. The molecule has 0 bridgehead atoms. The van der Waals surface area contributed by atoms with Gasteiger partial charge in [-0.25, -0.2) is 0 Å². The molecule has 0 aromatic carbocycles. The van der Waals surface area contributed by atoms with Crippen molar-refractivity contribution in [3.8, 4) is 0 Å². The number of H-pyrrole nitrogens is 1. The van der Waals surface area contributed by atoms with E-state index >= 15 is 0 Å². The Bertz CT molecular complexity index is 354. The van der Waals surface area contributed by atoms with Crippen LogP contribution >= 0.6 is 0 Å². The van der Waals surface area contributed by atoms with Gasteiger partial charge in [0.2, 0.25) is 0 Å². The van der Waals surface area contributed by atoms with Gasteiger partial charge < -0.3 is 0 Å². The van der Waals surface area contributed by atoms with Crippen LogP contribution in [0.4, 0.5) is 0 Å². The van der Waals surface area contributed by atoms with Crippen molar-refractivity contribution in [3.63, 3.8) is 0 Å². The highest BCUT2D eigenvalue weighted by molar-refractivity contribution is 5.29. The lowest BCUT2D eigenvalue weighted by Crippen LogP contribution is -2.37. The van der Waals surface area contributed by atoms with Gasteiger partial charge in [0.05, 0.1) is 11.4 Å². The van der Waals surface area contributed by atoms with Crippen LogP contribution in [0.1, 0.15) is 57.0 Å². The summed E-state index contributed by atoms with van der Waals surface area (Å²) in [7, 11) is 0. The van der Waals surface area contributed by atoms with Gasteiger partial charge in [0.25, 0.3) is 0 Å². The quantitative estimate of drug-likeness (QED) is 0.851. The van der Waals surface area contributed by atoms with Crippen molar-refractivity contribution >= 4 is 0 Å². The highest BCUT2D eigenvalue weighted by Gasteiger charge is 2.24. The van der Waals surface area contributed by atoms with Gasteiger partial charge >= 0.3 is 0 Å². The van der Waals surface area contributed by atoms with Crippen LogP contribution in [0.15, 0.2) is 0 Å². The topological polar surface area (TPSA) is 31.9 Å². The molecule has 0 saturated heterocycles. The fourth-order valence-corrected chi connectivity index (χ4v) is 2.48. The van der Waals surface area contributed by atoms with Gasteiger partial charge in [0.1, 0.15) is 0 Å². The molecule has 0 amide bonds. The summed E-state index contributed by atoms with van der Waals surface area (Å²) in [5.74, 6) is 0.537.